The molecule has 0 saturated carbocycles. The molecule has 0 aliphatic carbocycles. The van der Waals surface area contributed by atoms with E-state index in [1.165, 1.54) is 18.5 Å². The number of aromatic nitrogens is 2. The molecule has 1 aromatic carbocycles. The number of carbonyl (C=O) groups is 2. The third kappa shape index (κ3) is 4.60. The summed E-state index contributed by atoms with van der Waals surface area (Å²) < 4.78 is 31.1. The normalized spacial score (nSPS) is 15.1. The van der Waals surface area contributed by atoms with Gasteiger partial charge in [0.25, 0.3) is 0 Å². The molecule has 2 heterocycles. The van der Waals surface area contributed by atoms with Crippen molar-refractivity contribution in [2.45, 2.75) is 31.9 Å². The molecule has 1 aromatic heterocycles. The zero-order valence-corrected chi connectivity index (χ0v) is 14.4. The number of hydrogen-bond donors (Lipinski definition) is 1. The molecule has 3 rings (SSSR count). The number of carbonyl (C=O) groups excluding carboxylic acids is 1. The second-order valence-corrected chi connectivity index (χ2v) is 6.29. The number of ether oxygens (including phenoxy) is 1. The lowest BCUT2D eigenvalue weighted by atomic mass is 10.0. The minimum Gasteiger partial charge on any atom is -0.478 e. The predicted octanol–water partition coefficient (Wildman–Crippen LogP) is 2.59. The van der Waals surface area contributed by atoms with Crippen molar-refractivity contribution < 1.29 is 28.2 Å². The zero-order valence-electron chi connectivity index (χ0n) is 14.4. The van der Waals surface area contributed by atoms with E-state index in [0.717, 1.165) is 0 Å². The van der Waals surface area contributed by atoms with Gasteiger partial charge in [-0.05, 0) is 18.9 Å². The number of alkyl halides is 2. The molecular formula is C18H19F2N3O4. The maximum Gasteiger partial charge on any atom is 0.387 e. The molecule has 144 valence electrons. The van der Waals surface area contributed by atoms with Crippen molar-refractivity contribution in [1.82, 2.24) is 14.7 Å². The zero-order chi connectivity index (χ0) is 19.4. The van der Waals surface area contributed by atoms with E-state index in [-0.39, 0.29) is 29.7 Å². The minimum atomic E-state index is -2.94. The van der Waals surface area contributed by atoms with Gasteiger partial charge in [-0.15, -0.1) is 0 Å². The van der Waals surface area contributed by atoms with Crippen LogP contribution in [0.3, 0.4) is 0 Å². The van der Waals surface area contributed by atoms with Crippen LogP contribution in [0.25, 0.3) is 0 Å². The summed E-state index contributed by atoms with van der Waals surface area (Å²) in [7, 11) is 0. The van der Waals surface area contributed by atoms with Gasteiger partial charge in [0.15, 0.2) is 0 Å². The van der Waals surface area contributed by atoms with Crippen LogP contribution >= 0.6 is 0 Å². The molecule has 9 heteroatoms. The molecule has 27 heavy (non-hydrogen) atoms. The van der Waals surface area contributed by atoms with E-state index in [0.29, 0.717) is 31.5 Å². The molecule has 7 nitrogen and oxygen atoms in total. The predicted molar refractivity (Wildman–Crippen MR) is 90.8 cm³/mol. The quantitative estimate of drug-likeness (QED) is 0.834. The van der Waals surface area contributed by atoms with E-state index >= 15 is 0 Å². The molecule has 0 unspecified atom stereocenters. The maximum atomic E-state index is 12.5. The Hall–Kier alpha value is -2.97. The summed E-state index contributed by atoms with van der Waals surface area (Å²) in [6, 6.07) is 6.28. The van der Waals surface area contributed by atoms with Crippen LogP contribution in [0.1, 0.15) is 34.8 Å². The number of benzene rings is 1. The molecule has 2 aromatic rings. The van der Waals surface area contributed by atoms with Crippen molar-refractivity contribution >= 4 is 11.9 Å². The van der Waals surface area contributed by atoms with Crippen LogP contribution in [0, 0.1) is 0 Å². The number of piperidine rings is 1. The van der Waals surface area contributed by atoms with E-state index < -0.39 is 12.6 Å². The molecule has 1 saturated heterocycles. The maximum absolute atomic E-state index is 12.5. The second kappa shape index (κ2) is 8.15. The van der Waals surface area contributed by atoms with Gasteiger partial charge in [-0.1, -0.05) is 18.2 Å². The molecule has 1 aliphatic rings. The second-order valence-electron chi connectivity index (χ2n) is 6.29. The van der Waals surface area contributed by atoms with E-state index in [4.69, 9.17) is 5.11 Å². The molecule has 0 atom stereocenters. The largest absolute Gasteiger partial charge is 0.478 e. The summed E-state index contributed by atoms with van der Waals surface area (Å²) >= 11 is 0. The highest BCUT2D eigenvalue weighted by Gasteiger charge is 2.25. The Morgan fingerprint density at radius 3 is 2.59 bits per heavy atom. The fourth-order valence-electron chi connectivity index (χ4n) is 3.16. The van der Waals surface area contributed by atoms with E-state index in [2.05, 4.69) is 9.84 Å². The van der Waals surface area contributed by atoms with Crippen molar-refractivity contribution in [2.24, 2.45) is 0 Å². The van der Waals surface area contributed by atoms with Crippen molar-refractivity contribution in [3.63, 3.8) is 0 Å². The number of hydrogen-bond acceptors (Lipinski definition) is 4. The topological polar surface area (TPSA) is 84.7 Å². The summed E-state index contributed by atoms with van der Waals surface area (Å²) in [4.78, 5) is 25.1. The molecule has 1 N–H and O–H groups in total. The van der Waals surface area contributed by atoms with Crippen LogP contribution in [-0.4, -0.2) is 51.4 Å². The first-order valence-corrected chi connectivity index (χ1v) is 8.52. The van der Waals surface area contributed by atoms with Crippen molar-refractivity contribution in [2.75, 3.05) is 13.1 Å². The first kappa shape index (κ1) is 18.8. The molecule has 0 bridgehead atoms. The van der Waals surface area contributed by atoms with Crippen LogP contribution in [0.5, 0.6) is 5.75 Å². The van der Waals surface area contributed by atoms with Crippen molar-refractivity contribution in [3.05, 3.63) is 47.8 Å². The summed E-state index contributed by atoms with van der Waals surface area (Å²) in [6.07, 6.45) is 4.06. The van der Waals surface area contributed by atoms with Crippen LogP contribution in [0.2, 0.25) is 0 Å². The van der Waals surface area contributed by atoms with Crippen LogP contribution in [-0.2, 0) is 11.2 Å². The van der Waals surface area contributed by atoms with Gasteiger partial charge in [-0.25, -0.2) is 4.79 Å². The van der Waals surface area contributed by atoms with Gasteiger partial charge in [0.05, 0.1) is 24.2 Å². The highest BCUT2D eigenvalue weighted by atomic mass is 19.3. The van der Waals surface area contributed by atoms with E-state index in [9.17, 15) is 18.4 Å². The van der Waals surface area contributed by atoms with Crippen LogP contribution < -0.4 is 4.74 Å². The third-order valence-electron chi connectivity index (χ3n) is 4.57. The Kier molecular flexibility index (Phi) is 5.68. The van der Waals surface area contributed by atoms with Crippen molar-refractivity contribution in [3.8, 4) is 5.75 Å². The molecular weight excluding hydrogens is 360 g/mol. The SMILES string of the molecule is O=C(O)c1cnn(C2CCN(C(=O)Cc3ccccc3OC(F)F)CC2)c1. The van der Waals surface area contributed by atoms with Gasteiger partial charge in [0, 0.05) is 24.8 Å². The lowest BCUT2D eigenvalue weighted by Crippen LogP contribution is -2.40. The standard InChI is InChI=1S/C18H19F2N3O4/c19-18(20)27-15-4-2-1-3-12(15)9-16(24)22-7-5-14(6-8-22)23-11-13(10-21-23)17(25)26/h1-4,10-11,14,18H,5-9H2,(H,25,26). The number of aromatic carboxylic acids is 1. The first-order valence-electron chi connectivity index (χ1n) is 8.52. The lowest BCUT2D eigenvalue weighted by Gasteiger charge is -2.32. The Labute approximate surface area is 154 Å². The Balaban J connectivity index is 1.58. The van der Waals surface area contributed by atoms with Gasteiger partial charge in [0.2, 0.25) is 5.91 Å². The first-order chi connectivity index (χ1) is 12.9. The molecule has 0 spiro atoms. The number of para-hydroxylation sites is 1. The highest BCUT2D eigenvalue weighted by Crippen LogP contribution is 2.25. The molecule has 1 aliphatic heterocycles. The Morgan fingerprint density at radius 1 is 1.26 bits per heavy atom. The van der Waals surface area contributed by atoms with Crippen LogP contribution in [0.15, 0.2) is 36.7 Å². The molecule has 0 radical (unpaired) electrons. The summed E-state index contributed by atoms with van der Waals surface area (Å²) in [6.45, 7) is -1.96. The van der Waals surface area contributed by atoms with Crippen molar-refractivity contribution in [1.29, 1.82) is 0 Å². The highest BCUT2D eigenvalue weighted by molar-refractivity contribution is 5.86. The van der Waals surface area contributed by atoms with Crippen LogP contribution in [0.4, 0.5) is 8.78 Å². The Bertz CT molecular complexity index is 816. The number of halogens is 2. The number of carboxylic acids is 1. The summed E-state index contributed by atoms with van der Waals surface area (Å²) in [5, 5.41) is 13.0. The van der Waals surface area contributed by atoms with Gasteiger partial charge >= 0.3 is 12.6 Å². The number of amides is 1. The Morgan fingerprint density at radius 2 is 1.96 bits per heavy atom. The van der Waals surface area contributed by atoms with Gasteiger partial charge < -0.3 is 14.7 Å². The average molecular weight is 379 g/mol. The monoisotopic (exact) mass is 379 g/mol. The average Bonchev–Trinajstić information content (AvgIpc) is 3.13. The molecule has 1 amide bonds. The number of carboxylic acid groups (broad SMARTS) is 1. The number of nitrogens with zero attached hydrogens (tertiary/aromatic N) is 3. The van der Waals surface area contributed by atoms with Gasteiger partial charge in [-0.3, -0.25) is 9.48 Å². The third-order valence-corrected chi connectivity index (χ3v) is 4.57. The smallest absolute Gasteiger partial charge is 0.387 e. The van der Waals surface area contributed by atoms with E-state index in [1.54, 1.807) is 27.8 Å². The molecule has 1 fully saturated rings. The van der Waals surface area contributed by atoms with E-state index in [1.807, 2.05) is 0 Å². The van der Waals surface area contributed by atoms with Gasteiger partial charge in [0.1, 0.15) is 5.75 Å². The minimum absolute atomic E-state index is 0.00785. The van der Waals surface area contributed by atoms with Gasteiger partial charge in [-0.2, -0.15) is 13.9 Å². The number of likely N-dealkylation sites (tertiary alicyclic amines) is 1. The fourth-order valence-corrected chi connectivity index (χ4v) is 3.16. The summed E-state index contributed by atoms with van der Waals surface area (Å²) in [5.41, 5.74) is 0.548. The lowest BCUT2D eigenvalue weighted by molar-refractivity contribution is -0.131. The number of rotatable bonds is 6. The summed E-state index contributed by atoms with van der Waals surface area (Å²) in [5.74, 6) is -1.18. The fraction of sp³-hybridized carbons (Fsp3) is 0.389.